The van der Waals surface area contributed by atoms with E-state index >= 15 is 0 Å². The van der Waals surface area contributed by atoms with Gasteiger partial charge >= 0.3 is 0 Å². The average Bonchev–Trinajstić information content (AvgIpc) is 3.21. The maximum absolute atomic E-state index is 12.3. The molecule has 1 atom stereocenters. The van der Waals surface area contributed by atoms with Crippen LogP contribution in [0.3, 0.4) is 0 Å². The molecule has 1 saturated carbocycles. The quantitative estimate of drug-likeness (QED) is 0.709. The number of quaternary nitrogens is 1. The molecule has 1 aliphatic carbocycles. The Hall–Kier alpha value is -2.18. The molecule has 126 valence electrons. The van der Waals surface area contributed by atoms with E-state index in [9.17, 15) is 9.59 Å². The van der Waals surface area contributed by atoms with Gasteiger partial charge in [0, 0.05) is 11.6 Å². The first-order valence-corrected chi connectivity index (χ1v) is 9.08. The second-order valence-corrected chi connectivity index (χ2v) is 7.06. The highest BCUT2D eigenvalue weighted by Crippen LogP contribution is 2.21. The topological polar surface area (TPSA) is 62.6 Å². The molecule has 24 heavy (non-hydrogen) atoms. The Balaban J connectivity index is 1.58. The Labute approximate surface area is 145 Å². The highest BCUT2D eigenvalue weighted by molar-refractivity contribution is 7.07. The Morgan fingerprint density at radius 2 is 2.04 bits per heavy atom. The second kappa shape index (κ2) is 7.59. The zero-order chi connectivity index (χ0) is 16.9. The Morgan fingerprint density at radius 3 is 2.75 bits per heavy atom. The zero-order valence-electron chi connectivity index (χ0n) is 13.7. The number of anilines is 1. The molecule has 0 spiro atoms. The van der Waals surface area contributed by atoms with Crippen LogP contribution in [0.5, 0.6) is 0 Å². The van der Waals surface area contributed by atoms with Crippen molar-refractivity contribution in [1.82, 2.24) is 5.32 Å². The monoisotopic (exact) mass is 344 g/mol. The van der Waals surface area contributed by atoms with Crippen molar-refractivity contribution in [3.63, 3.8) is 0 Å². The lowest BCUT2D eigenvalue weighted by Gasteiger charge is -2.14. The third kappa shape index (κ3) is 4.66. The SMILES string of the molecule is C[NH+](CC(=O)Nc1ccccc1C(=O)NC1CC1)Cc1ccsc1. The summed E-state index contributed by atoms with van der Waals surface area (Å²) in [4.78, 5) is 25.7. The molecule has 1 aromatic carbocycles. The summed E-state index contributed by atoms with van der Waals surface area (Å²) in [6.07, 6.45) is 2.08. The standard InChI is InChI=1S/C18H21N3O2S/c1-21(10-13-8-9-24-12-13)11-17(22)20-16-5-3-2-4-15(16)18(23)19-14-6-7-14/h2-5,8-9,12,14H,6-7,10-11H2,1H3,(H,19,23)(H,20,22)/p+1. The summed E-state index contributed by atoms with van der Waals surface area (Å²) in [5.74, 6) is -0.207. The van der Waals surface area contributed by atoms with Gasteiger partial charge in [0.15, 0.2) is 6.54 Å². The highest BCUT2D eigenvalue weighted by atomic mass is 32.1. The van der Waals surface area contributed by atoms with Crippen molar-refractivity contribution in [3.05, 3.63) is 52.2 Å². The Bertz CT molecular complexity index is 711. The molecule has 2 amide bonds. The third-order valence-electron chi connectivity index (χ3n) is 3.91. The van der Waals surface area contributed by atoms with Crippen molar-refractivity contribution in [3.8, 4) is 0 Å². The van der Waals surface area contributed by atoms with Crippen LogP contribution in [0.25, 0.3) is 0 Å². The predicted molar refractivity (Wildman–Crippen MR) is 95.3 cm³/mol. The number of rotatable bonds is 7. The van der Waals surface area contributed by atoms with E-state index in [1.807, 2.05) is 24.6 Å². The van der Waals surface area contributed by atoms with Crippen LogP contribution >= 0.6 is 11.3 Å². The first-order chi connectivity index (χ1) is 11.6. The number of hydrogen-bond acceptors (Lipinski definition) is 3. The van der Waals surface area contributed by atoms with Gasteiger partial charge in [0.1, 0.15) is 6.54 Å². The van der Waals surface area contributed by atoms with Gasteiger partial charge in [-0.3, -0.25) is 9.59 Å². The molecule has 2 aromatic rings. The summed E-state index contributed by atoms with van der Waals surface area (Å²) >= 11 is 1.66. The van der Waals surface area contributed by atoms with E-state index < -0.39 is 0 Å². The summed E-state index contributed by atoms with van der Waals surface area (Å²) in [7, 11) is 1.99. The van der Waals surface area contributed by atoms with Gasteiger partial charge < -0.3 is 15.5 Å². The molecule has 0 radical (unpaired) electrons. The molecule has 1 aromatic heterocycles. The number of carbonyl (C=O) groups is 2. The molecule has 1 aliphatic rings. The highest BCUT2D eigenvalue weighted by Gasteiger charge is 2.25. The summed E-state index contributed by atoms with van der Waals surface area (Å²) in [5.41, 5.74) is 2.33. The minimum absolute atomic E-state index is 0.0885. The number of benzene rings is 1. The smallest absolute Gasteiger partial charge is 0.279 e. The minimum atomic E-state index is -0.118. The molecule has 5 nitrogen and oxygen atoms in total. The fraction of sp³-hybridized carbons (Fsp3) is 0.333. The largest absolute Gasteiger partial charge is 0.349 e. The number of hydrogen-bond donors (Lipinski definition) is 3. The molecule has 1 unspecified atom stereocenters. The van der Waals surface area contributed by atoms with Crippen molar-refractivity contribution in [2.75, 3.05) is 18.9 Å². The van der Waals surface area contributed by atoms with Gasteiger partial charge in [-0.15, -0.1) is 0 Å². The maximum atomic E-state index is 12.3. The van der Waals surface area contributed by atoms with E-state index in [1.54, 1.807) is 23.5 Å². The number of nitrogens with one attached hydrogen (secondary N) is 3. The fourth-order valence-corrected chi connectivity index (χ4v) is 3.22. The third-order valence-corrected chi connectivity index (χ3v) is 4.64. The zero-order valence-corrected chi connectivity index (χ0v) is 14.5. The molecule has 0 saturated heterocycles. The molecule has 1 heterocycles. The van der Waals surface area contributed by atoms with Gasteiger partial charge in [-0.1, -0.05) is 12.1 Å². The summed E-state index contributed by atoms with van der Waals surface area (Å²) < 4.78 is 0. The average molecular weight is 344 g/mol. The lowest BCUT2D eigenvalue weighted by Crippen LogP contribution is -3.08. The molecular weight excluding hydrogens is 322 g/mol. The molecule has 3 rings (SSSR count). The molecular formula is C18H22N3O2S+. The fourth-order valence-electron chi connectivity index (χ4n) is 2.55. The van der Waals surface area contributed by atoms with Crippen LogP contribution in [0.4, 0.5) is 5.69 Å². The van der Waals surface area contributed by atoms with Gasteiger partial charge in [0.25, 0.3) is 11.8 Å². The summed E-state index contributed by atoms with van der Waals surface area (Å²) in [5, 5.41) is 9.97. The lowest BCUT2D eigenvalue weighted by atomic mass is 10.1. The summed E-state index contributed by atoms with van der Waals surface area (Å²) in [6.45, 7) is 1.16. The van der Waals surface area contributed by atoms with E-state index in [-0.39, 0.29) is 11.8 Å². The van der Waals surface area contributed by atoms with Gasteiger partial charge in [-0.25, -0.2) is 0 Å². The number of amides is 2. The van der Waals surface area contributed by atoms with Crippen LogP contribution in [0.1, 0.15) is 28.8 Å². The number of carbonyl (C=O) groups excluding carboxylic acids is 2. The van der Waals surface area contributed by atoms with Crippen molar-refractivity contribution < 1.29 is 14.5 Å². The molecule has 3 N–H and O–H groups in total. The van der Waals surface area contributed by atoms with Gasteiger partial charge in [-0.05, 0) is 41.8 Å². The lowest BCUT2D eigenvalue weighted by molar-refractivity contribution is -0.885. The minimum Gasteiger partial charge on any atom is -0.349 e. The first kappa shape index (κ1) is 16.7. The predicted octanol–water partition coefficient (Wildman–Crippen LogP) is 1.29. The molecule has 6 heteroatoms. The van der Waals surface area contributed by atoms with Crippen LogP contribution < -0.4 is 15.5 Å². The number of likely N-dealkylation sites (N-methyl/N-ethyl adjacent to an activating group) is 1. The maximum Gasteiger partial charge on any atom is 0.279 e. The van der Waals surface area contributed by atoms with E-state index in [1.165, 1.54) is 5.56 Å². The van der Waals surface area contributed by atoms with Crippen LogP contribution in [0, 0.1) is 0 Å². The van der Waals surface area contributed by atoms with Gasteiger partial charge in [0.05, 0.1) is 18.3 Å². The summed E-state index contributed by atoms with van der Waals surface area (Å²) in [6, 6.07) is 9.52. The van der Waals surface area contributed by atoms with Crippen LogP contribution in [-0.4, -0.2) is 31.4 Å². The molecule has 1 fully saturated rings. The normalized spacial score (nSPS) is 14.9. The van der Waals surface area contributed by atoms with Crippen LogP contribution in [0.15, 0.2) is 41.1 Å². The van der Waals surface area contributed by atoms with E-state index in [2.05, 4.69) is 22.1 Å². The van der Waals surface area contributed by atoms with Crippen molar-refractivity contribution in [2.45, 2.75) is 25.4 Å². The van der Waals surface area contributed by atoms with Gasteiger partial charge in [0.2, 0.25) is 0 Å². The first-order valence-electron chi connectivity index (χ1n) is 8.14. The molecule has 0 bridgehead atoms. The van der Waals surface area contributed by atoms with Crippen molar-refractivity contribution in [1.29, 1.82) is 0 Å². The number of para-hydroxylation sites is 1. The van der Waals surface area contributed by atoms with Crippen molar-refractivity contribution >= 4 is 28.8 Å². The number of thiophene rings is 1. The van der Waals surface area contributed by atoms with Crippen LogP contribution in [0.2, 0.25) is 0 Å². The van der Waals surface area contributed by atoms with Gasteiger partial charge in [-0.2, -0.15) is 11.3 Å². The van der Waals surface area contributed by atoms with Crippen LogP contribution in [-0.2, 0) is 11.3 Å². The van der Waals surface area contributed by atoms with E-state index in [0.29, 0.717) is 23.8 Å². The van der Waals surface area contributed by atoms with E-state index in [0.717, 1.165) is 24.3 Å². The van der Waals surface area contributed by atoms with E-state index in [4.69, 9.17) is 0 Å². The second-order valence-electron chi connectivity index (χ2n) is 6.28. The molecule has 0 aliphatic heterocycles. The Kier molecular flexibility index (Phi) is 5.27. The van der Waals surface area contributed by atoms with Crippen molar-refractivity contribution in [2.24, 2.45) is 0 Å². The Morgan fingerprint density at radius 1 is 1.25 bits per heavy atom.